The van der Waals surface area contributed by atoms with Crippen LogP contribution in [0.15, 0.2) is 49.3 Å². The topological polar surface area (TPSA) is 68.6 Å². The first kappa shape index (κ1) is 13.2. The van der Waals surface area contributed by atoms with Crippen molar-refractivity contribution in [3.05, 3.63) is 54.9 Å². The first-order valence-corrected chi connectivity index (χ1v) is 7.41. The van der Waals surface area contributed by atoms with Crippen molar-refractivity contribution in [3.63, 3.8) is 0 Å². The van der Waals surface area contributed by atoms with Gasteiger partial charge in [-0.3, -0.25) is 4.98 Å². The molecule has 6 nitrogen and oxygen atoms in total. The third-order valence-corrected chi connectivity index (χ3v) is 4.15. The third-order valence-electron chi connectivity index (χ3n) is 4.15. The second kappa shape index (κ2) is 5.73. The molecular weight excluding hydrogens is 278 g/mol. The van der Waals surface area contributed by atoms with Gasteiger partial charge in [-0.25, -0.2) is 9.97 Å². The third kappa shape index (κ3) is 2.42. The lowest BCUT2D eigenvalue weighted by Gasteiger charge is -2.20. The van der Waals surface area contributed by atoms with Gasteiger partial charge in [0.2, 0.25) is 0 Å². The van der Waals surface area contributed by atoms with Crippen LogP contribution >= 0.6 is 0 Å². The van der Waals surface area contributed by atoms with E-state index in [2.05, 4.69) is 36.6 Å². The average molecular weight is 295 g/mol. The van der Waals surface area contributed by atoms with Crippen molar-refractivity contribution in [1.82, 2.24) is 24.5 Å². The lowest BCUT2D eigenvalue weighted by atomic mass is 9.95. The molecular formula is C16H17N5O. The molecule has 0 bridgehead atoms. The molecule has 112 valence electrons. The molecule has 2 atom stereocenters. The monoisotopic (exact) mass is 295 g/mol. The summed E-state index contributed by atoms with van der Waals surface area (Å²) in [6, 6.07) is 4.41. The highest BCUT2D eigenvalue weighted by molar-refractivity contribution is 5.43. The summed E-state index contributed by atoms with van der Waals surface area (Å²) in [7, 11) is 0. The van der Waals surface area contributed by atoms with Crippen LogP contribution in [0, 0.1) is 5.92 Å². The molecule has 3 aromatic rings. The number of H-pyrrole nitrogens is 1. The standard InChI is InChI=1S/C16H17N5O/c1-3-17-4-2-12(1)9-13-10-22-11-14(13)21-8-7-20-16(21)15-18-5-6-19-15/h1-8,13-14H,9-11H2,(H,18,19)/t13-,14+/m0/s1. The van der Waals surface area contributed by atoms with E-state index >= 15 is 0 Å². The van der Waals surface area contributed by atoms with E-state index in [9.17, 15) is 0 Å². The van der Waals surface area contributed by atoms with E-state index in [1.54, 1.807) is 6.20 Å². The van der Waals surface area contributed by atoms with Crippen LogP contribution in [0.3, 0.4) is 0 Å². The van der Waals surface area contributed by atoms with Gasteiger partial charge in [0.15, 0.2) is 11.6 Å². The predicted octanol–water partition coefficient (Wildman–Crippen LogP) is 2.10. The van der Waals surface area contributed by atoms with Crippen LogP contribution in [0.2, 0.25) is 0 Å². The molecule has 0 aliphatic carbocycles. The van der Waals surface area contributed by atoms with Crippen molar-refractivity contribution in [3.8, 4) is 11.6 Å². The number of aromatic nitrogens is 5. The van der Waals surface area contributed by atoms with Crippen LogP contribution in [0.4, 0.5) is 0 Å². The minimum absolute atomic E-state index is 0.274. The molecule has 0 radical (unpaired) electrons. The van der Waals surface area contributed by atoms with Gasteiger partial charge in [0, 0.05) is 43.1 Å². The number of ether oxygens (including phenoxy) is 1. The number of imidazole rings is 2. The Bertz CT molecular complexity index is 722. The second-order valence-corrected chi connectivity index (χ2v) is 5.52. The molecule has 1 aliphatic rings. The number of hydrogen-bond acceptors (Lipinski definition) is 4. The molecule has 1 fully saturated rings. The van der Waals surface area contributed by atoms with E-state index in [4.69, 9.17) is 4.74 Å². The van der Waals surface area contributed by atoms with E-state index in [-0.39, 0.29) is 6.04 Å². The molecule has 1 aliphatic heterocycles. The van der Waals surface area contributed by atoms with Crippen molar-refractivity contribution in [2.45, 2.75) is 12.5 Å². The van der Waals surface area contributed by atoms with Crippen molar-refractivity contribution in [2.24, 2.45) is 5.92 Å². The quantitative estimate of drug-likeness (QED) is 0.800. The maximum Gasteiger partial charge on any atom is 0.176 e. The van der Waals surface area contributed by atoms with Crippen LogP contribution in [0.25, 0.3) is 11.6 Å². The van der Waals surface area contributed by atoms with E-state index < -0.39 is 0 Å². The number of aromatic amines is 1. The fourth-order valence-corrected chi connectivity index (χ4v) is 3.06. The average Bonchev–Trinajstić information content (AvgIpc) is 3.29. The van der Waals surface area contributed by atoms with Crippen molar-refractivity contribution in [2.75, 3.05) is 13.2 Å². The van der Waals surface area contributed by atoms with E-state index in [0.29, 0.717) is 12.5 Å². The molecule has 1 saturated heterocycles. The summed E-state index contributed by atoms with van der Waals surface area (Å²) < 4.78 is 7.92. The SMILES string of the molecule is c1cc(C[C@H]2COC[C@H]2n2ccnc2-c2ncc[nH]2)ccn1. The normalized spacial score (nSPS) is 21.3. The molecule has 0 amide bonds. The fraction of sp³-hybridized carbons (Fsp3) is 0.312. The molecule has 4 rings (SSSR count). The molecule has 0 unspecified atom stereocenters. The summed E-state index contributed by atoms with van der Waals surface area (Å²) in [6.45, 7) is 1.47. The lowest BCUT2D eigenvalue weighted by molar-refractivity contribution is 0.181. The van der Waals surface area contributed by atoms with Crippen molar-refractivity contribution >= 4 is 0 Å². The van der Waals surface area contributed by atoms with E-state index in [1.165, 1.54) is 5.56 Å². The largest absolute Gasteiger partial charge is 0.379 e. The molecule has 0 saturated carbocycles. The van der Waals surface area contributed by atoms with Gasteiger partial charge in [0.05, 0.1) is 19.3 Å². The Morgan fingerprint density at radius 2 is 2.05 bits per heavy atom. The lowest BCUT2D eigenvalue weighted by Crippen LogP contribution is -2.20. The fourth-order valence-electron chi connectivity index (χ4n) is 3.06. The first-order chi connectivity index (χ1) is 10.9. The number of nitrogens with zero attached hydrogens (tertiary/aromatic N) is 4. The van der Waals surface area contributed by atoms with Gasteiger partial charge < -0.3 is 14.3 Å². The van der Waals surface area contributed by atoms with Crippen LogP contribution < -0.4 is 0 Å². The maximum atomic E-state index is 5.74. The highest BCUT2D eigenvalue weighted by Gasteiger charge is 2.31. The number of rotatable bonds is 4. The first-order valence-electron chi connectivity index (χ1n) is 7.41. The Morgan fingerprint density at radius 1 is 1.14 bits per heavy atom. The summed E-state index contributed by atoms with van der Waals surface area (Å²) in [5.74, 6) is 2.07. The van der Waals surface area contributed by atoms with Gasteiger partial charge in [0.25, 0.3) is 0 Å². The van der Waals surface area contributed by atoms with Gasteiger partial charge in [-0.05, 0) is 24.1 Å². The Labute approximate surface area is 128 Å². The molecule has 22 heavy (non-hydrogen) atoms. The van der Waals surface area contributed by atoms with E-state index in [1.807, 2.05) is 31.0 Å². The summed E-state index contributed by atoms with van der Waals surface area (Å²) >= 11 is 0. The van der Waals surface area contributed by atoms with Crippen LogP contribution in [0.5, 0.6) is 0 Å². The maximum absolute atomic E-state index is 5.74. The Balaban J connectivity index is 1.61. The zero-order valence-corrected chi connectivity index (χ0v) is 12.1. The predicted molar refractivity (Wildman–Crippen MR) is 81.1 cm³/mol. The molecule has 4 heterocycles. The smallest absolute Gasteiger partial charge is 0.176 e. The number of hydrogen-bond donors (Lipinski definition) is 1. The summed E-state index contributed by atoms with van der Waals surface area (Å²) in [4.78, 5) is 16.0. The number of nitrogens with one attached hydrogen (secondary N) is 1. The summed E-state index contributed by atoms with van der Waals surface area (Å²) in [5, 5.41) is 0. The van der Waals surface area contributed by atoms with Gasteiger partial charge in [0.1, 0.15) is 0 Å². The number of pyridine rings is 1. The zero-order chi connectivity index (χ0) is 14.8. The van der Waals surface area contributed by atoms with Crippen LogP contribution in [0.1, 0.15) is 11.6 Å². The van der Waals surface area contributed by atoms with Crippen LogP contribution in [-0.4, -0.2) is 37.7 Å². The second-order valence-electron chi connectivity index (χ2n) is 5.52. The van der Waals surface area contributed by atoms with Crippen LogP contribution in [-0.2, 0) is 11.2 Å². The van der Waals surface area contributed by atoms with Gasteiger partial charge in [-0.15, -0.1) is 0 Å². The Kier molecular flexibility index (Phi) is 3.44. The van der Waals surface area contributed by atoms with E-state index in [0.717, 1.165) is 24.7 Å². The Morgan fingerprint density at radius 3 is 2.86 bits per heavy atom. The van der Waals surface area contributed by atoms with Crippen molar-refractivity contribution < 1.29 is 4.74 Å². The zero-order valence-electron chi connectivity index (χ0n) is 12.1. The van der Waals surface area contributed by atoms with Gasteiger partial charge >= 0.3 is 0 Å². The highest BCUT2D eigenvalue weighted by atomic mass is 16.5. The van der Waals surface area contributed by atoms with Crippen molar-refractivity contribution in [1.29, 1.82) is 0 Å². The minimum atomic E-state index is 0.274. The van der Waals surface area contributed by atoms with Gasteiger partial charge in [-0.1, -0.05) is 0 Å². The minimum Gasteiger partial charge on any atom is -0.379 e. The molecule has 6 heteroatoms. The van der Waals surface area contributed by atoms with Gasteiger partial charge in [-0.2, -0.15) is 0 Å². The molecule has 0 aromatic carbocycles. The summed E-state index contributed by atoms with van der Waals surface area (Å²) in [5.41, 5.74) is 1.29. The Hall–Kier alpha value is -2.47. The summed E-state index contributed by atoms with van der Waals surface area (Å²) in [6.07, 6.45) is 12.0. The molecule has 0 spiro atoms. The molecule has 3 aromatic heterocycles. The molecule has 1 N–H and O–H groups in total. The highest BCUT2D eigenvalue weighted by Crippen LogP contribution is 2.31.